The highest BCUT2D eigenvalue weighted by atomic mass is 16.8. The molecular weight excluding hydrogens is 304 g/mol. The molecule has 22 heavy (non-hydrogen) atoms. The van der Waals surface area contributed by atoms with Crippen molar-refractivity contribution in [2.75, 3.05) is 26.4 Å². The largest absolute Gasteiger partial charge is 0.394 e. The predicted octanol–water partition coefficient (Wildman–Crippen LogP) is -4.35. The molecule has 4 unspecified atom stereocenters. The molecule has 0 aromatic rings. The molecule has 6 N–H and O–H groups in total. The Morgan fingerprint density at radius 2 is 1.50 bits per heavy atom. The number of hydrogen-bond acceptors (Lipinski definition) is 10. The van der Waals surface area contributed by atoms with Gasteiger partial charge in [-0.1, -0.05) is 0 Å². The van der Waals surface area contributed by atoms with Crippen LogP contribution >= 0.6 is 0 Å². The van der Waals surface area contributed by atoms with Gasteiger partial charge in [0.25, 0.3) is 0 Å². The summed E-state index contributed by atoms with van der Waals surface area (Å²) in [5, 5.41) is 58.9. The number of aliphatic hydroxyl groups excluding tert-OH is 5. The average molecular weight is 324 g/mol. The molecule has 0 bridgehead atoms. The summed E-state index contributed by atoms with van der Waals surface area (Å²) in [6.45, 7) is -1.77. The summed E-state index contributed by atoms with van der Waals surface area (Å²) in [6.07, 6.45) is -7.81. The van der Waals surface area contributed by atoms with Gasteiger partial charge in [-0.3, -0.25) is 0 Å². The standard InChI is InChI=1S/C12H20O10/c13-1-5-7(15)9(17)12(4-20-5)21-10-8(16)6(2-14)19-3-11(10,18)22-12/h5-10,13-18H,1-4H2/t5?,6?,7-,8-,9?,10?,11-,12-/m1/s1. The first-order valence-electron chi connectivity index (χ1n) is 6.96. The van der Waals surface area contributed by atoms with E-state index < -0.39 is 68.0 Å². The Balaban J connectivity index is 1.83. The zero-order valence-electron chi connectivity index (χ0n) is 11.6. The molecule has 0 aromatic heterocycles. The molecule has 3 fully saturated rings. The smallest absolute Gasteiger partial charge is 0.224 e. The maximum absolute atomic E-state index is 10.4. The normalized spacial score (nSPS) is 55.4. The number of hydrogen-bond donors (Lipinski definition) is 6. The van der Waals surface area contributed by atoms with Crippen LogP contribution in [-0.2, 0) is 18.9 Å². The highest BCUT2D eigenvalue weighted by molar-refractivity contribution is 5.05. The molecule has 0 saturated carbocycles. The second-order valence-corrected chi connectivity index (χ2v) is 5.79. The van der Waals surface area contributed by atoms with Crippen LogP contribution in [0, 0.1) is 0 Å². The Kier molecular flexibility index (Phi) is 4.19. The third-order valence-electron chi connectivity index (χ3n) is 4.33. The Morgan fingerprint density at radius 1 is 0.909 bits per heavy atom. The van der Waals surface area contributed by atoms with E-state index in [1.54, 1.807) is 0 Å². The summed E-state index contributed by atoms with van der Waals surface area (Å²) in [5.41, 5.74) is 0. The lowest BCUT2D eigenvalue weighted by Crippen LogP contribution is -2.63. The van der Waals surface area contributed by atoms with E-state index in [9.17, 15) is 20.4 Å². The molecule has 128 valence electrons. The molecule has 3 aliphatic rings. The van der Waals surface area contributed by atoms with Crippen LogP contribution in [0.5, 0.6) is 0 Å². The molecule has 0 radical (unpaired) electrons. The Labute approximate surface area is 125 Å². The monoisotopic (exact) mass is 324 g/mol. The molecule has 3 aliphatic heterocycles. The molecule has 10 nitrogen and oxygen atoms in total. The minimum Gasteiger partial charge on any atom is -0.394 e. The van der Waals surface area contributed by atoms with Crippen molar-refractivity contribution in [3.05, 3.63) is 0 Å². The molecule has 10 heteroatoms. The molecule has 3 rings (SSSR count). The zero-order valence-corrected chi connectivity index (χ0v) is 11.6. The quantitative estimate of drug-likeness (QED) is 0.293. The fourth-order valence-corrected chi connectivity index (χ4v) is 3.04. The maximum Gasteiger partial charge on any atom is 0.224 e. The van der Waals surface area contributed by atoms with Crippen LogP contribution in [0.4, 0.5) is 0 Å². The van der Waals surface area contributed by atoms with E-state index in [0.717, 1.165) is 0 Å². The number of ether oxygens (including phenoxy) is 4. The predicted molar refractivity (Wildman–Crippen MR) is 65.3 cm³/mol. The first-order chi connectivity index (χ1) is 10.4. The lowest BCUT2D eigenvalue weighted by molar-refractivity contribution is -0.349. The second-order valence-electron chi connectivity index (χ2n) is 5.79. The van der Waals surface area contributed by atoms with Crippen LogP contribution < -0.4 is 0 Å². The van der Waals surface area contributed by atoms with E-state index in [4.69, 9.17) is 29.2 Å². The maximum atomic E-state index is 10.4. The van der Waals surface area contributed by atoms with Crippen LogP contribution in [0.15, 0.2) is 0 Å². The van der Waals surface area contributed by atoms with Crippen molar-refractivity contribution in [3.8, 4) is 0 Å². The average Bonchev–Trinajstić information content (AvgIpc) is 2.81. The van der Waals surface area contributed by atoms with Crippen LogP contribution in [0.25, 0.3) is 0 Å². The second kappa shape index (κ2) is 5.60. The van der Waals surface area contributed by atoms with Gasteiger partial charge in [0.2, 0.25) is 11.6 Å². The van der Waals surface area contributed by atoms with Crippen molar-refractivity contribution in [2.45, 2.75) is 48.2 Å². The van der Waals surface area contributed by atoms with Gasteiger partial charge in [0, 0.05) is 0 Å². The van der Waals surface area contributed by atoms with Gasteiger partial charge in [0.05, 0.1) is 13.2 Å². The molecule has 8 atom stereocenters. The van der Waals surface area contributed by atoms with Crippen LogP contribution in [0.1, 0.15) is 0 Å². The number of fused-ring (bicyclic) bond motifs is 1. The van der Waals surface area contributed by atoms with Crippen molar-refractivity contribution in [1.29, 1.82) is 0 Å². The lowest BCUT2D eigenvalue weighted by Gasteiger charge is -2.42. The number of rotatable bonds is 2. The van der Waals surface area contributed by atoms with Gasteiger partial charge >= 0.3 is 0 Å². The highest BCUT2D eigenvalue weighted by Gasteiger charge is 2.67. The Morgan fingerprint density at radius 3 is 2.14 bits per heavy atom. The summed E-state index contributed by atoms with van der Waals surface area (Å²) < 4.78 is 21.2. The van der Waals surface area contributed by atoms with Crippen molar-refractivity contribution in [3.63, 3.8) is 0 Å². The summed E-state index contributed by atoms with van der Waals surface area (Å²) in [4.78, 5) is 0. The van der Waals surface area contributed by atoms with E-state index in [2.05, 4.69) is 0 Å². The van der Waals surface area contributed by atoms with Gasteiger partial charge < -0.3 is 49.6 Å². The summed E-state index contributed by atoms with van der Waals surface area (Å²) in [5.74, 6) is -3.96. The fraction of sp³-hybridized carbons (Fsp3) is 1.00. The molecule has 1 spiro atoms. The van der Waals surface area contributed by atoms with Gasteiger partial charge in [-0.2, -0.15) is 0 Å². The van der Waals surface area contributed by atoms with Gasteiger partial charge in [-0.25, -0.2) is 0 Å². The van der Waals surface area contributed by atoms with Gasteiger partial charge in [0.1, 0.15) is 49.8 Å². The van der Waals surface area contributed by atoms with Crippen molar-refractivity contribution >= 4 is 0 Å². The minimum atomic E-state index is -2.05. The third kappa shape index (κ3) is 2.27. The molecule has 0 amide bonds. The first kappa shape index (κ1) is 16.5. The van der Waals surface area contributed by atoms with Crippen molar-refractivity contribution in [2.24, 2.45) is 0 Å². The topological polar surface area (TPSA) is 158 Å². The SMILES string of the molecule is OCC1OC[C@]2(OC3[C@H](O)C(CO)OC[C@@]3(O)O2)C(O)[C@@H]1O. The first-order valence-corrected chi connectivity index (χ1v) is 6.96. The molecule has 3 saturated heterocycles. The fourth-order valence-electron chi connectivity index (χ4n) is 3.04. The van der Waals surface area contributed by atoms with Crippen LogP contribution in [0.3, 0.4) is 0 Å². The van der Waals surface area contributed by atoms with Crippen molar-refractivity contribution in [1.82, 2.24) is 0 Å². The van der Waals surface area contributed by atoms with Crippen LogP contribution in [0.2, 0.25) is 0 Å². The molecule has 0 aliphatic carbocycles. The summed E-state index contributed by atoms with van der Waals surface area (Å²) in [7, 11) is 0. The van der Waals surface area contributed by atoms with Gasteiger partial charge in [0.15, 0.2) is 0 Å². The Bertz CT molecular complexity index is 421. The molecule has 0 aromatic carbocycles. The van der Waals surface area contributed by atoms with E-state index in [-0.39, 0.29) is 6.61 Å². The highest BCUT2D eigenvalue weighted by Crippen LogP contribution is 2.45. The van der Waals surface area contributed by atoms with E-state index in [0.29, 0.717) is 0 Å². The Hall–Kier alpha value is -0.400. The zero-order chi connectivity index (χ0) is 16.1. The van der Waals surface area contributed by atoms with Gasteiger partial charge in [-0.05, 0) is 0 Å². The van der Waals surface area contributed by atoms with Gasteiger partial charge in [-0.15, -0.1) is 0 Å². The minimum absolute atomic E-state index is 0.369. The number of aliphatic hydroxyl groups is 6. The van der Waals surface area contributed by atoms with E-state index in [1.165, 1.54) is 0 Å². The molecule has 3 heterocycles. The summed E-state index contributed by atoms with van der Waals surface area (Å²) in [6, 6.07) is 0. The van der Waals surface area contributed by atoms with Crippen LogP contribution in [-0.4, -0.2) is 105 Å². The van der Waals surface area contributed by atoms with E-state index >= 15 is 0 Å². The third-order valence-corrected chi connectivity index (χ3v) is 4.33. The van der Waals surface area contributed by atoms with Crippen molar-refractivity contribution < 1.29 is 49.6 Å². The molecular formula is C12H20O10. The lowest BCUT2D eigenvalue weighted by atomic mass is 9.97. The van der Waals surface area contributed by atoms with E-state index in [1.807, 2.05) is 0 Å². The summed E-state index contributed by atoms with van der Waals surface area (Å²) >= 11 is 0.